The maximum atomic E-state index is 13.5. The van der Waals surface area contributed by atoms with Gasteiger partial charge in [-0.25, -0.2) is 4.90 Å². The molecule has 0 radical (unpaired) electrons. The monoisotopic (exact) mass is 565 g/mol. The average Bonchev–Trinajstić information content (AvgIpc) is 2.83. The van der Waals surface area contributed by atoms with E-state index in [1.807, 2.05) is 11.8 Å². The first-order valence-electron chi connectivity index (χ1n) is 12.5. The molecule has 5 nitrogen and oxygen atoms in total. The molecule has 2 aromatic carbocycles. The Morgan fingerprint density at radius 2 is 1.53 bits per heavy atom. The fraction of sp³-hybridized carbons (Fsp3) is 0.538. The molecule has 3 unspecified atom stereocenters. The number of alkyl halides is 6. The van der Waals surface area contributed by atoms with Gasteiger partial charge in [0.25, 0.3) is 0 Å². The zero-order chi connectivity index (χ0) is 28.4. The van der Waals surface area contributed by atoms with E-state index in [9.17, 15) is 26.3 Å². The number of benzene rings is 2. The van der Waals surface area contributed by atoms with Crippen LogP contribution >= 0.6 is 11.6 Å². The number of hydrogen-bond donors (Lipinski definition) is 2. The van der Waals surface area contributed by atoms with Crippen molar-refractivity contribution in [2.24, 2.45) is 11.5 Å². The molecule has 1 heterocycles. The highest BCUT2D eigenvalue weighted by Crippen LogP contribution is 2.41. The summed E-state index contributed by atoms with van der Waals surface area (Å²) >= 11 is 6.21. The van der Waals surface area contributed by atoms with Gasteiger partial charge in [0.15, 0.2) is 0 Å². The van der Waals surface area contributed by atoms with E-state index in [-0.39, 0.29) is 24.2 Å². The number of halogens is 7. The van der Waals surface area contributed by atoms with Crippen LogP contribution < -0.4 is 16.4 Å². The molecule has 12 heteroatoms. The number of hydrogen-bond acceptors (Lipinski definition) is 5. The van der Waals surface area contributed by atoms with Gasteiger partial charge in [-0.1, -0.05) is 31.5 Å². The third-order valence-electron chi connectivity index (χ3n) is 7.07. The van der Waals surface area contributed by atoms with Crippen LogP contribution in [0, 0.1) is 0 Å². The van der Waals surface area contributed by atoms with E-state index in [1.165, 1.54) is 0 Å². The lowest BCUT2D eigenvalue weighted by Crippen LogP contribution is -2.62. The van der Waals surface area contributed by atoms with Gasteiger partial charge in [-0.3, -0.25) is 5.73 Å². The quantitative estimate of drug-likeness (QED) is 0.344. The van der Waals surface area contributed by atoms with Crippen LogP contribution in [0.15, 0.2) is 36.4 Å². The smallest absolute Gasteiger partial charge is 0.339 e. The van der Waals surface area contributed by atoms with E-state index in [4.69, 9.17) is 23.1 Å². The van der Waals surface area contributed by atoms with Gasteiger partial charge in [0.1, 0.15) is 6.29 Å². The highest BCUT2D eigenvalue weighted by Gasteiger charge is 2.40. The van der Waals surface area contributed by atoms with Crippen LogP contribution in [0.25, 0.3) is 0 Å². The van der Waals surface area contributed by atoms with Crippen molar-refractivity contribution in [3.63, 3.8) is 0 Å². The molecule has 38 heavy (non-hydrogen) atoms. The van der Waals surface area contributed by atoms with Crippen LogP contribution in [-0.2, 0) is 18.9 Å². The number of fused-ring (bicyclic) bond motifs is 1. The molecule has 0 fully saturated rings. The van der Waals surface area contributed by atoms with Crippen LogP contribution in [0.4, 0.5) is 32.0 Å². The lowest BCUT2D eigenvalue weighted by atomic mass is 9.99. The third-order valence-corrected chi connectivity index (χ3v) is 7.30. The van der Waals surface area contributed by atoms with Crippen LogP contribution in [0.2, 0.25) is 5.02 Å². The summed E-state index contributed by atoms with van der Waals surface area (Å²) in [5, 5.41) is 0.342. The zero-order valence-electron chi connectivity index (χ0n) is 21.6. The molecule has 3 rings (SSSR count). The van der Waals surface area contributed by atoms with Crippen LogP contribution in [0.3, 0.4) is 0 Å². The summed E-state index contributed by atoms with van der Waals surface area (Å²) in [6.07, 6.45) is -9.83. The molecular formula is C26H34ClF6N5. The SMILES string of the molecule is CCN(CC)CCCC(C)N1C(N)c2ccc(Cl)cc2N(Cc2cc(C(F)(F)F)cc(C(F)(F)F)c2)C1N. The van der Waals surface area contributed by atoms with Gasteiger partial charge < -0.3 is 15.5 Å². The van der Waals surface area contributed by atoms with E-state index in [1.54, 1.807) is 23.1 Å². The van der Waals surface area contributed by atoms with Crippen LogP contribution in [-0.4, -0.2) is 41.8 Å². The summed E-state index contributed by atoms with van der Waals surface area (Å²) in [6, 6.07) is 6.38. The second kappa shape index (κ2) is 12.0. The molecule has 3 atom stereocenters. The van der Waals surface area contributed by atoms with Crippen molar-refractivity contribution >= 4 is 17.3 Å². The minimum Gasteiger partial charge on any atom is -0.339 e. The molecule has 0 saturated heterocycles. The van der Waals surface area contributed by atoms with Gasteiger partial charge in [0.05, 0.1) is 17.3 Å². The summed E-state index contributed by atoms with van der Waals surface area (Å²) < 4.78 is 80.9. The number of nitrogens with zero attached hydrogens (tertiary/aromatic N) is 3. The number of rotatable bonds is 9. The minimum atomic E-state index is -4.95. The van der Waals surface area contributed by atoms with Crippen molar-refractivity contribution in [2.45, 2.75) is 71.0 Å². The Hall–Kier alpha value is -2.05. The van der Waals surface area contributed by atoms with Crippen LogP contribution in [0.1, 0.15) is 62.0 Å². The summed E-state index contributed by atoms with van der Waals surface area (Å²) in [5.74, 6) is 0. The zero-order valence-corrected chi connectivity index (χ0v) is 22.3. The molecule has 0 aliphatic carbocycles. The first-order valence-corrected chi connectivity index (χ1v) is 12.9. The Morgan fingerprint density at radius 3 is 2.05 bits per heavy atom. The standard InChI is InChI=1S/C26H34ClF6N5/c1-4-36(5-2)10-6-7-16(3)38-23(34)21-9-8-20(27)14-22(21)37(24(38)35)15-17-11-18(25(28,29)30)13-19(12-17)26(31,32)33/h8-9,11-14,16,23-24H,4-7,10,15,34-35H2,1-3H3. The molecule has 1 aliphatic rings. The Morgan fingerprint density at radius 1 is 0.947 bits per heavy atom. The predicted molar refractivity (Wildman–Crippen MR) is 137 cm³/mol. The second-order valence-electron chi connectivity index (χ2n) is 9.57. The van der Waals surface area contributed by atoms with Crippen molar-refractivity contribution in [3.05, 3.63) is 63.7 Å². The van der Waals surface area contributed by atoms with E-state index in [0.29, 0.717) is 16.3 Å². The molecule has 0 amide bonds. The van der Waals surface area contributed by atoms with E-state index >= 15 is 0 Å². The topological polar surface area (TPSA) is 61.8 Å². The summed E-state index contributed by atoms with van der Waals surface area (Å²) in [7, 11) is 0. The molecule has 0 aromatic heterocycles. The molecule has 0 spiro atoms. The Balaban J connectivity index is 1.99. The molecular weight excluding hydrogens is 532 g/mol. The normalized spacial score (nSPS) is 19.7. The number of nitrogens with two attached hydrogens (primary N) is 2. The fourth-order valence-electron chi connectivity index (χ4n) is 4.96. The highest BCUT2D eigenvalue weighted by molar-refractivity contribution is 6.30. The maximum absolute atomic E-state index is 13.5. The van der Waals surface area contributed by atoms with E-state index in [2.05, 4.69) is 18.7 Å². The molecule has 4 N–H and O–H groups in total. The maximum Gasteiger partial charge on any atom is 0.416 e. The second-order valence-corrected chi connectivity index (χ2v) is 10.0. The lowest BCUT2D eigenvalue weighted by molar-refractivity contribution is -0.143. The molecule has 2 aromatic rings. The van der Waals surface area contributed by atoms with Gasteiger partial charge in [0.2, 0.25) is 0 Å². The van der Waals surface area contributed by atoms with Gasteiger partial charge in [-0.05, 0) is 75.3 Å². The Labute approximate surface area is 224 Å². The van der Waals surface area contributed by atoms with Gasteiger partial charge in [0, 0.05) is 28.9 Å². The first kappa shape index (κ1) is 30.5. The Bertz CT molecular complexity index is 1060. The van der Waals surface area contributed by atoms with Crippen molar-refractivity contribution in [2.75, 3.05) is 24.5 Å². The molecule has 1 aliphatic heterocycles. The van der Waals surface area contributed by atoms with Crippen molar-refractivity contribution in [1.29, 1.82) is 0 Å². The largest absolute Gasteiger partial charge is 0.416 e. The van der Waals surface area contributed by atoms with Crippen molar-refractivity contribution < 1.29 is 26.3 Å². The van der Waals surface area contributed by atoms with E-state index in [0.717, 1.165) is 44.6 Å². The van der Waals surface area contributed by atoms with Gasteiger partial charge in [-0.2, -0.15) is 26.3 Å². The van der Waals surface area contributed by atoms with Gasteiger partial charge in [-0.15, -0.1) is 0 Å². The predicted octanol–water partition coefficient (Wildman–Crippen LogP) is 6.41. The first-order chi connectivity index (χ1) is 17.7. The number of anilines is 1. The third kappa shape index (κ3) is 6.93. The minimum absolute atomic E-state index is 0.116. The highest BCUT2D eigenvalue weighted by atomic mass is 35.5. The van der Waals surface area contributed by atoms with Crippen molar-refractivity contribution in [1.82, 2.24) is 9.80 Å². The molecule has 0 bridgehead atoms. The molecule has 0 saturated carbocycles. The van der Waals surface area contributed by atoms with Crippen LogP contribution in [0.5, 0.6) is 0 Å². The summed E-state index contributed by atoms with van der Waals surface area (Å²) in [4.78, 5) is 5.69. The fourth-order valence-corrected chi connectivity index (χ4v) is 5.13. The molecule has 212 valence electrons. The van der Waals surface area contributed by atoms with Gasteiger partial charge >= 0.3 is 12.4 Å². The average molecular weight is 566 g/mol. The summed E-state index contributed by atoms with van der Waals surface area (Å²) in [5.41, 5.74) is 11.4. The summed E-state index contributed by atoms with van der Waals surface area (Å²) in [6.45, 7) is 8.56. The Kier molecular flexibility index (Phi) is 9.63. The van der Waals surface area contributed by atoms with E-state index < -0.39 is 35.9 Å². The lowest BCUT2D eigenvalue weighted by Gasteiger charge is -2.49. The van der Waals surface area contributed by atoms with Crippen molar-refractivity contribution in [3.8, 4) is 0 Å².